The van der Waals surface area contributed by atoms with E-state index >= 15 is 0 Å². The van der Waals surface area contributed by atoms with Gasteiger partial charge in [0.2, 0.25) is 0 Å². The highest BCUT2D eigenvalue weighted by atomic mass is 19.1. The van der Waals surface area contributed by atoms with Crippen LogP contribution in [-0.4, -0.2) is 47.0 Å². The Kier molecular flexibility index (Phi) is 6.40. The van der Waals surface area contributed by atoms with E-state index in [1.807, 2.05) is 0 Å². The predicted octanol–water partition coefficient (Wildman–Crippen LogP) is 1.53. The number of carbonyl (C=O) groups excluding carboxylic acids is 2. The molecule has 2 aromatic rings. The molecule has 0 aliphatic heterocycles. The van der Waals surface area contributed by atoms with Gasteiger partial charge in [-0.1, -0.05) is 0 Å². The minimum atomic E-state index is -0.748. The van der Waals surface area contributed by atoms with E-state index in [9.17, 15) is 14.0 Å². The summed E-state index contributed by atoms with van der Waals surface area (Å²) in [7, 11) is 1.19. The van der Waals surface area contributed by atoms with Crippen LogP contribution in [0.2, 0.25) is 0 Å². The minimum absolute atomic E-state index is 0.0421. The molecule has 0 bridgehead atoms. The molecule has 0 N–H and O–H groups in total. The van der Waals surface area contributed by atoms with Gasteiger partial charge in [-0.25, -0.2) is 9.18 Å². The lowest BCUT2D eigenvalue weighted by Crippen LogP contribution is -2.12. The Balaban J connectivity index is 2.07. The van der Waals surface area contributed by atoms with Gasteiger partial charge in [-0.3, -0.25) is 4.79 Å². The molecule has 25 heavy (non-hydrogen) atoms. The van der Waals surface area contributed by atoms with Gasteiger partial charge < -0.3 is 18.9 Å². The van der Waals surface area contributed by atoms with E-state index in [4.69, 9.17) is 14.2 Å². The first-order chi connectivity index (χ1) is 12.0. The molecular formula is C15H16FN3O6. The second-order valence-electron chi connectivity index (χ2n) is 4.64. The molecule has 1 heterocycles. The van der Waals surface area contributed by atoms with Crippen LogP contribution in [0.25, 0.3) is 0 Å². The Labute approximate surface area is 142 Å². The van der Waals surface area contributed by atoms with Gasteiger partial charge in [-0.15, -0.1) is 5.10 Å². The monoisotopic (exact) mass is 353 g/mol. The molecule has 9 nitrogen and oxygen atoms in total. The zero-order valence-electron chi connectivity index (χ0n) is 13.6. The van der Waals surface area contributed by atoms with Gasteiger partial charge in [-0.2, -0.15) is 9.67 Å². The van der Waals surface area contributed by atoms with Gasteiger partial charge in [0.25, 0.3) is 5.82 Å². The zero-order valence-corrected chi connectivity index (χ0v) is 13.6. The molecule has 10 heteroatoms. The van der Waals surface area contributed by atoms with Crippen LogP contribution in [-0.2, 0) is 25.7 Å². The molecule has 134 valence electrons. The Bertz CT molecular complexity index is 731. The molecule has 0 atom stereocenters. The number of hydrogen-bond donors (Lipinski definition) is 0. The molecule has 0 aliphatic carbocycles. The summed E-state index contributed by atoms with van der Waals surface area (Å²) in [5.41, 5.74) is 0. The number of rotatable bonds is 8. The summed E-state index contributed by atoms with van der Waals surface area (Å²) in [5, 5.41) is 3.93. The average molecular weight is 353 g/mol. The van der Waals surface area contributed by atoms with Crippen LogP contribution in [0.4, 0.5) is 4.39 Å². The number of aromatic nitrogens is 3. The summed E-state index contributed by atoms with van der Waals surface area (Å²) in [5.74, 6) is -1.51. The maximum atomic E-state index is 13.0. The van der Waals surface area contributed by atoms with E-state index in [2.05, 4.69) is 14.8 Å². The predicted molar refractivity (Wildman–Crippen MR) is 80.4 cm³/mol. The van der Waals surface area contributed by atoms with Crippen molar-refractivity contribution in [3.8, 4) is 11.8 Å². The summed E-state index contributed by atoms with van der Waals surface area (Å²) in [4.78, 5) is 26.2. The molecule has 0 saturated carbocycles. The summed E-state index contributed by atoms with van der Waals surface area (Å²) in [6.45, 7) is 1.36. The number of hydrogen-bond acceptors (Lipinski definition) is 8. The second-order valence-corrected chi connectivity index (χ2v) is 4.64. The van der Waals surface area contributed by atoms with Crippen molar-refractivity contribution in [3.63, 3.8) is 0 Å². The Morgan fingerprint density at radius 3 is 2.56 bits per heavy atom. The molecule has 0 saturated heterocycles. The van der Waals surface area contributed by atoms with Crippen LogP contribution < -0.4 is 4.74 Å². The summed E-state index contributed by atoms with van der Waals surface area (Å²) in [6, 6.07) is 5.18. The second kappa shape index (κ2) is 8.73. The first-order valence-electron chi connectivity index (χ1n) is 7.17. The molecule has 0 amide bonds. The molecule has 1 aromatic heterocycles. The number of ether oxygens (including phenoxy) is 4. The van der Waals surface area contributed by atoms with Crippen LogP contribution in [0.15, 0.2) is 24.3 Å². The summed E-state index contributed by atoms with van der Waals surface area (Å²) < 4.78 is 34.2. The third-order valence-electron chi connectivity index (χ3n) is 2.78. The fourth-order valence-electron chi connectivity index (χ4n) is 1.67. The van der Waals surface area contributed by atoms with Crippen molar-refractivity contribution in [1.82, 2.24) is 14.8 Å². The highest BCUT2D eigenvalue weighted by Crippen LogP contribution is 2.20. The van der Waals surface area contributed by atoms with Gasteiger partial charge >= 0.3 is 17.9 Å². The highest BCUT2D eigenvalue weighted by molar-refractivity contribution is 5.84. The summed E-state index contributed by atoms with van der Waals surface area (Å²) in [6.07, 6.45) is 0. The van der Waals surface area contributed by atoms with E-state index in [-0.39, 0.29) is 31.8 Å². The van der Waals surface area contributed by atoms with Crippen LogP contribution in [0.5, 0.6) is 11.8 Å². The van der Waals surface area contributed by atoms with Crippen molar-refractivity contribution >= 4 is 11.9 Å². The number of esters is 2. The fourth-order valence-corrected chi connectivity index (χ4v) is 1.67. The highest BCUT2D eigenvalue weighted by Gasteiger charge is 2.18. The lowest BCUT2D eigenvalue weighted by Gasteiger charge is -2.08. The van der Waals surface area contributed by atoms with E-state index in [0.29, 0.717) is 5.75 Å². The molecular weight excluding hydrogens is 337 g/mol. The van der Waals surface area contributed by atoms with Gasteiger partial charge in [0.15, 0.2) is 0 Å². The normalized spacial score (nSPS) is 10.4. The Morgan fingerprint density at radius 2 is 1.92 bits per heavy atom. The number of nitrogens with zero attached hydrogens (tertiary/aromatic N) is 3. The standard InChI is InChI=1S/C15H16FN3O6/c1-10(20)24-8-7-23-9-19-15(17-13(18-19)14(21)22-2)25-12-5-3-11(16)4-6-12/h3-6H,7-9H2,1-2H3. The number of carbonyl (C=O) groups is 2. The zero-order chi connectivity index (χ0) is 18.2. The summed E-state index contributed by atoms with van der Waals surface area (Å²) >= 11 is 0. The minimum Gasteiger partial charge on any atom is -0.463 e. The molecule has 1 aromatic carbocycles. The maximum Gasteiger partial charge on any atom is 0.378 e. The van der Waals surface area contributed by atoms with E-state index < -0.39 is 17.8 Å². The number of benzene rings is 1. The van der Waals surface area contributed by atoms with Crippen molar-refractivity contribution in [1.29, 1.82) is 0 Å². The lowest BCUT2D eigenvalue weighted by molar-refractivity contribution is -0.143. The molecule has 0 radical (unpaired) electrons. The first-order valence-corrected chi connectivity index (χ1v) is 7.17. The van der Waals surface area contributed by atoms with Gasteiger partial charge in [-0.05, 0) is 24.3 Å². The lowest BCUT2D eigenvalue weighted by atomic mass is 10.3. The van der Waals surface area contributed by atoms with E-state index in [1.165, 1.54) is 43.0 Å². The van der Waals surface area contributed by atoms with Crippen LogP contribution in [0.1, 0.15) is 17.5 Å². The van der Waals surface area contributed by atoms with E-state index in [1.54, 1.807) is 0 Å². The van der Waals surface area contributed by atoms with Crippen molar-refractivity contribution < 1.29 is 32.9 Å². The average Bonchev–Trinajstić information content (AvgIpc) is 2.98. The van der Waals surface area contributed by atoms with Crippen molar-refractivity contribution in [2.45, 2.75) is 13.7 Å². The molecule has 0 unspecified atom stereocenters. The quantitative estimate of drug-likeness (QED) is 0.520. The SMILES string of the molecule is COC(=O)c1nc(Oc2ccc(F)cc2)n(COCCOC(C)=O)n1. The molecule has 2 rings (SSSR count). The smallest absolute Gasteiger partial charge is 0.378 e. The van der Waals surface area contributed by atoms with Crippen LogP contribution in [0, 0.1) is 5.82 Å². The Morgan fingerprint density at radius 1 is 1.20 bits per heavy atom. The largest absolute Gasteiger partial charge is 0.463 e. The Hall–Kier alpha value is -3.01. The van der Waals surface area contributed by atoms with Crippen molar-refractivity contribution in [3.05, 3.63) is 35.9 Å². The topological polar surface area (TPSA) is 102 Å². The third-order valence-corrected chi connectivity index (χ3v) is 2.78. The van der Waals surface area contributed by atoms with Crippen LogP contribution >= 0.6 is 0 Å². The third kappa shape index (κ3) is 5.53. The van der Waals surface area contributed by atoms with Gasteiger partial charge in [0.05, 0.1) is 13.7 Å². The fraction of sp³-hybridized carbons (Fsp3) is 0.333. The van der Waals surface area contributed by atoms with Crippen LogP contribution in [0.3, 0.4) is 0 Å². The number of halogens is 1. The first kappa shape index (κ1) is 18.3. The maximum absolute atomic E-state index is 13.0. The molecule has 0 aliphatic rings. The molecule has 0 spiro atoms. The van der Waals surface area contributed by atoms with Crippen molar-refractivity contribution in [2.75, 3.05) is 20.3 Å². The molecule has 0 fully saturated rings. The van der Waals surface area contributed by atoms with Crippen molar-refractivity contribution in [2.24, 2.45) is 0 Å². The van der Waals surface area contributed by atoms with Gasteiger partial charge in [0.1, 0.15) is 24.9 Å². The van der Waals surface area contributed by atoms with Gasteiger partial charge in [0, 0.05) is 6.92 Å². The van der Waals surface area contributed by atoms with E-state index in [0.717, 1.165) is 0 Å². The number of methoxy groups -OCH3 is 1.